The zero-order valence-corrected chi connectivity index (χ0v) is 30.9. The lowest BCUT2D eigenvalue weighted by Gasteiger charge is -2.35. The monoisotopic (exact) mass is 735 g/mol. The molecule has 14 heteroatoms. The first-order valence-corrected chi connectivity index (χ1v) is 19.6. The Morgan fingerprint density at radius 3 is 2.31 bits per heavy atom. The molecule has 3 aromatic rings. The highest BCUT2D eigenvalue weighted by molar-refractivity contribution is 7.92. The predicted molar refractivity (Wildman–Crippen MR) is 190 cm³/mol. The van der Waals surface area contributed by atoms with Crippen LogP contribution in [0.4, 0.5) is 5.69 Å². The predicted octanol–water partition coefficient (Wildman–Crippen LogP) is 5.57. The quantitative estimate of drug-likeness (QED) is 0.291. The summed E-state index contributed by atoms with van der Waals surface area (Å²) in [6.07, 6.45) is 1.26. The maximum Gasteiger partial charge on any atom is 0.261 e. The smallest absolute Gasteiger partial charge is 0.261 e. The summed E-state index contributed by atoms with van der Waals surface area (Å²) in [5, 5.41) is 10.6. The van der Waals surface area contributed by atoms with E-state index in [4.69, 9.17) is 21.1 Å². The van der Waals surface area contributed by atoms with Crippen LogP contribution >= 0.6 is 11.6 Å². The number of sulfonamides is 2. The number of nitrogens with zero attached hydrogens (tertiary/aromatic N) is 2. The lowest BCUT2D eigenvalue weighted by molar-refractivity contribution is -0.00833. The van der Waals surface area contributed by atoms with Crippen molar-refractivity contribution in [2.75, 3.05) is 38.1 Å². The van der Waals surface area contributed by atoms with E-state index in [1.807, 2.05) is 20.8 Å². The van der Waals surface area contributed by atoms with E-state index < -0.39 is 38.1 Å². The molecule has 0 saturated carbocycles. The topological polar surface area (TPSA) is 143 Å². The van der Waals surface area contributed by atoms with E-state index in [0.29, 0.717) is 24.5 Å². The Bertz CT molecular complexity index is 1790. The van der Waals surface area contributed by atoms with E-state index in [1.54, 1.807) is 37.3 Å². The van der Waals surface area contributed by atoms with E-state index in [0.717, 1.165) is 12.0 Å². The summed E-state index contributed by atoms with van der Waals surface area (Å²) in [7, 11) is -6.32. The van der Waals surface area contributed by atoms with Gasteiger partial charge in [0.2, 0.25) is 10.0 Å². The fourth-order valence-electron chi connectivity index (χ4n) is 5.52. The average Bonchev–Trinajstić information content (AvgIpc) is 3.06. The van der Waals surface area contributed by atoms with Crippen LogP contribution in [0.5, 0.6) is 5.75 Å². The van der Waals surface area contributed by atoms with Gasteiger partial charge in [-0.2, -0.15) is 4.31 Å². The highest BCUT2D eigenvalue weighted by Crippen LogP contribution is 2.30. The summed E-state index contributed by atoms with van der Waals surface area (Å²) < 4.78 is 69.6. The van der Waals surface area contributed by atoms with Crippen LogP contribution in [-0.2, 0) is 24.8 Å². The highest BCUT2D eigenvalue weighted by Gasteiger charge is 2.32. The minimum atomic E-state index is -4.01. The van der Waals surface area contributed by atoms with Gasteiger partial charge in [0, 0.05) is 43.4 Å². The molecule has 1 amide bonds. The Labute approximate surface area is 295 Å². The molecular weight excluding hydrogens is 690 g/mol. The fourth-order valence-corrected chi connectivity index (χ4v) is 7.88. The number of benzene rings is 3. The molecule has 0 spiro atoms. The van der Waals surface area contributed by atoms with Crippen molar-refractivity contribution >= 4 is 43.2 Å². The van der Waals surface area contributed by atoms with Crippen molar-refractivity contribution in [3.8, 4) is 5.75 Å². The van der Waals surface area contributed by atoms with Crippen LogP contribution in [0.1, 0.15) is 56.0 Å². The van der Waals surface area contributed by atoms with Crippen molar-refractivity contribution in [3.05, 3.63) is 82.9 Å². The van der Waals surface area contributed by atoms with Crippen LogP contribution in [0.3, 0.4) is 0 Å². The molecule has 1 aliphatic rings. The fraction of sp³-hybridized carbons (Fsp3) is 0.457. The molecule has 49 heavy (non-hydrogen) atoms. The molecule has 0 aliphatic carbocycles. The molecule has 0 fully saturated rings. The van der Waals surface area contributed by atoms with Gasteiger partial charge in [0.1, 0.15) is 5.75 Å². The number of amides is 1. The number of hydrogen-bond acceptors (Lipinski definition) is 8. The Hall–Kier alpha value is -3.20. The summed E-state index contributed by atoms with van der Waals surface area (Å²) in [6, 6.07) is 16.2. The van der Waals surface area contributed by atoms with Gasteiger partial charge in [-0.25, -0.2) is 16.8 Å². The third-order valence-electron chi connectivity index (χ3n) is 8.59. The molecule has 1 heterocycles. The second-order valence-electron chi connectivity index (χ2n) is 12.7. The maximum absolute atomic E-state index is 14.4. The van der Waals surface area contributed by atoms with Crippen molar-refractivity contribution in [1.29, 1.82) is 0 Å². The minimum absolute atomic E-state index is 0.00191. The maximum atomic E-state index is 14.4. The SMILES string of the molecule is Cc1ccc(S(=O)(=O)N(C)C[C@@H]2OCCCC[C@@H](C)Oc3ccc(NS(=O)(=O)c4ccc(Cl)cc4)cc3C(=O)N([C@H](C)CO)C[C@H]2C)cc1. The zero-order valence-electron chi connectivity index (χ0n) is 28.5. The number of aliphatic hydroxyl groups is 1. The molecule has 11 nitrogen and oxygen atoms in total. The van der Waals surface area contributed by atoms with Crippen LogP contribution in [0, 0.1) is 12.8 Å². The molecular formula is C35H46ClN3O8S2. The van der Waals surface area contributed by atoms with Crippen LogP contribution in [-0.4, -0.2) is 88.7 Å². The van der Waals surface area contributed by atoms with Gasteiger partial charge in [-0.3, -0.25) is 9.52 Å². The second-order valence-corrected chi connectivity index (χ2v) is 16.8. The number of likely N-dealkylation sites (N-methyl/N-ethyl adjacent to an activating group) is 1. The number of carbonyl (C=O) groups is 1. The number of aliphatic hydroxyl groups excluding tert-OH is 1. The van der Waals surface area contributed by atoms with Crippen molar-refractivity contribution in [1.82, 2.24) is 9.21 Å². The number of carbonyl (C=O) groups excluding carboxylic acids is 1. The summed E-state index contributed by atoms with van der Waals surface area (Å²) in [6.45, 7) is 7.55. The van der Waals surface area contributed by atoms with Gasteiger partial charge in [0.05, 0.1) is 40.2 Å². The molecule has 4 rings (SSSR count). The van der Waals surface area contributed by atoms with E-state index in [2.05, 4.69) is 4.72 Å². The summed E-state index contributed by atoms with van der Waals surface area (Å²) >= 11 is 5.94. The summed E-state index contributed by atoms with van der Waals surface area (Å²) in [5.41, 5.74) is 1.21. The third kappa shape index (κ3) is 9.95. The lowest BCUT2D eigenvalue weighted by Crippen LogP contribution is -2.48. The van der Waals surface area contributed by atoms with Gasteiger partial charge < -0.3 is 19.5 Å². The summed E-state index contributed by atoms with van der Waals surface area (Å²) in [5.74, 6) is -0.574. The average molecular weight is 736 g/mol. The number of rotatable bonds is 9. The molecule has 268 valence electrons. The molecule has 0 bridgehead atoms. The molecule has 0 unspecified atom stereocenters. The Kier molecular flexibility index (Phi) is 13.1. The summed E-state index contributed by atoms with van der Waals surface area (Å²) in [4.78, 5) is 16.0. The van der Waals surface area contributed by atoms with Gasteiger partial charge in [-0.05, 0) is 94.6 Å². The standard InChI is InChI=1S/C35H46ClN3O8S2/c1-24-9-14-31(15-10-24)49(44,45)38(5)22-34-25(2)21-39(26(3)23-40)35(41)32-20-29(37-48(42,43)30-16-11-28(36)12-17-30)13-18-33(32)47-27(4)8-6-7-19-46-34/h9-18,20,25-27,34,37,40H,6-8,19,21-23H2,1-5H3/t25-,26-,27-,34+/m1/s1. The molecule has 0 aromatic heterocycles. The molecule has 4 atom stereocenters. The van der Waals surface area contributed by atoms with E-state index in [-0.39, 0.29) is 58.5 Å². The number of fused-ring (bicyclic) bond motifs is 1. The number of nitrogens with one attached hydrogen (secondary N) is 1. The first-order chi connectivity index (χ1) is 23.1. The number of halogens is 1. The molecule has 0 radical (unpaired) electrons. The second kappa shape index (κ2) is 16.7. The van der Waals surface area contributed by atoms with Crippen molar-refractivity contribution in [3.63, 3.8) is 0 Å². The van der Waals surface area contributed by atoms with Gasteiger partial charge in [0.15, 0.2) is 0 Å². The molecule has 1 aliphatic heterocycles. The van der Waals surface area contributed by atoms with Crippen molar-refractivity contribution in [2.24, 2.45) is 5.92 Å². The van der Waals surface area contributed by atoms with Crippen LogP contribution in [0.15, 0.2) is 76.5 Å². The Balaban J connectivity index is 1.67. The highest BCUT2D eigenvalue weighted by atomic mass is 35.5. The zero-order chi connectivity index (χ0) is 35.9. The first-order valence-electron chi connectivity index (χ1n) is 16.3. The van der Waals surface area contributed by atoms with Gasteiger partial charge in [-0.1, -0.05) is 36.2 Å². The van der Waals surface area contributed by atoms with Gasteiger partial charge in [0.25, 0.3) is 15.9 Å². The Morgan fingerprint density at radius 2 is 1.65 bits per heavy atom. The van der Waals surface area contributed by atoms with Gasteiger partial charge >= 0.3 is 0 Å². The van der Waals surface area contributed by atoms with Crippen molar-refractivity contribution < 1.29 is 36.2 Å². The minimum Gasteiger partial charge on any atom is -0.490 e. The Morgan fingerprint density at radius 1 is 1.00 bits per heavy atom. The normalized spacial score (nSPS) is 20.6. The van der Waals surface area contributed by atoms with Crippen LogP contribution in [0.2, 0.25) is 5.02 Å². The van der Waals surface area contributed by atoms with E-state index in [9.17, 15) is 26.7 Å². The molecule has 2 N–H and O–H groups in total. The van der Waals surface area contributed by atoms with Gasteiger partial charge in [-0.15, -0.1) is 0 Å². The number of hydrogen-bond donors (Lipinski definition) is 2. The van der Waals surface area contributed by atoms with E-state index >= 15 is 0 Å². The largest absolute Gasteiger partial charge is 0.490 e. The van der Waals surface area contributed by atoms with Crippen molar-refractivity contribution in [2.45, 2.75) is 75.0 Å². The number of aryl methyl sites for hydroxylation is 1. The van der Waals surface area contributed by atoms with Crippen LogP contribution < -0.4 is 9.46 Å². The lowest BCUT2D eigenvalue weighted by atomic mass is 10.0. The molecule has 3 aromatic carbocycles. The number of ether oxygens (including phenoxy) is 2. The van der Waals surface area contributed by atoms with Crippen LogP contribution in [0.25, 0.3) is 0 Å². The third-order valence-corrected chi connectivity index (χ3v) is 12.1. The van der Waals surface area contributed by atoms with E-state index in [1.165, 1.54) is 52.7 Å². The first kappa shape index (κ1) is 38.6. The number of anilines is 1. The molecule has 0 saturated heterocycles.